The van der Waals surface area contributed by atoms with E-state index in [0.29, 0.717) is 19.4 Å². The molecule has 4 nitrogen and oxygen atoms in total. The average Bonchev–Trinajstić information content (AvgIpc) is 1.97. The highest BCUT2D eigenvalue weighted by molar-refractivity contribution is 7.26. The maximum Gasteiger partial charge on any atom is 0.318 e. The van der Waals surface area contributed by atoms with Crippen molar-refractivity contribution in [2.24, 2.45) is 0 Å². The predicted octanol–water partition coefficient (Wildman–Crippen LogP) is 1.16. The number of ether oxygens (including phenoxy) is 1. The van der Waals surface area contributed by atoms with E-state index in [4.69, 9.17) is 9.84 Å². The van der Waals surface area contributed by atoms with Crippen molar-refractivity contribution in [1.82, 2.24) is 0 Å². The van der Waals surface area contributed by atoms with E-state index >= 15 is 0 Å². The monoisotopic (exact) mass is 178 g/mol. The molecular weight excluding hydrogens is 167 g/mol. The second-order valence-electron chi connectivity index (χ2n) is 2.09. The van der Waals surface area contributed by atoms with Crippen LogP contribution in [-0.4, -0.2) is 30.5 Å². The van der Waals surface area contributed by atoms with Crippen LogP contribution >= 0.6 is 8.46 Å². The molecule has 0 aromatic heterocycles. The van der Waals surface area contributed by atoms with Crippen LogP contribution < -0.4 is 0 Å². The molecule has 0 radical (unpaired) electrons. The first-order valence-corrected chi connectivity index (χ1v) is 4.14. The highest BCUT2D eigenvalue weighted by Gasteiger charge is 2.16. The van der Waals surface area contributed by atoms with Crippen LogP contribution in [0.5, 0.6) is 0 Å². The van der Waals surface area contributed by atoms with Crippen molar-refractivity contribution < 1.29 is 19.2 Å². The van der Waals surface area contributed by atoms with E-state index in [1.807, 2.05) is 0 Å². The number of rotatable bonds is 6. The van der Waals surface area contributed by atoms with Gasteiger partial charge in [0.15, 0.2) is 8.46 Å². The lowest BCUT2D eigenvalue weighted by Crippen LogP contribution is -2.13. The van der Waals surface area contributed by atoms with Crippen LogP contribution in [0.15, 0.2) is 0 Å². The van der Waals surface area contributed by atoms with E-state index in [2.05, 4.69) is 0 Å². The van der Waals surface area contributed by atoms with E-state index < -0.39 is 11.6 Å². The molecule has 0 bridgehead atoms. The van der Waals surface area contributed by atoms with E-state index in [-0.39, 0.29) is 8.46 Å². The first-order valence-electron chi connectivity index (χ1n) is 3.26. The van der Waals surface area contributed by atoms with Crippen LogP contribution in [0.2, 0.25) is 0 Å². The van der Waals surface area contributed by atoms with Crippen molar-refractivity contribution in [3.8, 4) is 0 Å². The largest absolute Gasteiger partial charge is 0.480 e. The summed E-state index contributed by atoms with van der Waals surface area (Å²) in [4.78, 5) is 10.3. The van der Waals surface area contributed by atoms with Crippen LogP contribution in [-0.2, 0) is 14.1 Å². The standard InChI is InChI=1S/C6H11O4P/c1-10-4-2-3-5(11-9)6(7)8/h5H,2-4H2,1H3,(H,7,8). The molecule has 1 atom stereocenters. The first kappa shape index (κ1) is 10.5. The van der Waals surface area contributed by atoms with Gasteiger partial charge in [0, 0.05) is 13.7 Å². The van der Waals surface area contributed by atoms with Crippen LogP contribution in [0.25, 0.3) is 0 Å². The van der Waals surface area contributed by atoms with Gasteiger partial charge in [-0.15, -0.1) is 0 Å². The van der Waals surface area contributed by atoms with Crippen LogP contribution in [0.3, 0.4) is 0 Å². The van der Waals surface area contributed by atoms with Gasteiger partial charge in [-0.25, -0.2) is 0 Å². The van der Waals surface area contributed by atoms with Gasteiger partial charge in [-0.3, -0.25) is 9.36 Å². The Morgan fingerprint density at radius 3 is 2.73 bits per heavy atom. The molecule has 0 rings (SSSR count). The molecule has 0 aromatic rings. The lowest BCUT2D eigenvalue weighted by atomic mass is 10.2. The summed E-state index contributed by atoms with van der Waals surface area (Å²) >= 11 is 0. The van der Waals surface area contributed by atoms with Crippen molar-refractivity contribution >= 4 is 14.4 Å². The number of hydrogen-bond acceptors (Lipinski definition) is 3. The van der Waals surface area contributed by atoms with Crippen molar-refractivity contribution in [3.05, 3.63) is 0 Å². The lowest BCUT2D eigenvalue weighted by Gasteiger charge is -2.01. The molecule has 5 heteroatoms. The van der Waals surface area contributed by atoms with Gasteiger partial charge in [0.1, 0.15) is 5.66 Å². The third-order valence-corrected chi connectivity index (χ3v) is 1.97. The Morgan fingerprint density at radius 1 is 1.73 bits per heavy atom. The number of carboxylic acids is 1. The van der Waals surface area contributed by atoms with Crippen molar-refractivity contribution in [2.45, 2.75) is 18.5 Å². The van der Waals surface area contributed by atoms with Gasteiger partial charge in [-0.05, 0) is 12.8 Å². The molecule has 0 aromatic carbocycles. The molecule has 0 aliphatic rings. The first-order chi connectivity index (χ1) is 5.22. The minimum Gasteiger partial charge on any atom is -0.480 e. The van der Waals surface area contributed by atoms with Gasteiger partial charge in [0.2, 0.25) is 0 Å². The summed E-state index contributed by atoms with van der Waals surface area (Å²) in [6, 6.07) is 0. The van der Waals surface area contributed by atoms with Crippen molar-refractivity contribution in [2.75, 3.05) is 13.7 Å². The molecule has 0 amide bonds. The molecule has 0 aliphatic carbocycles. The summed E-state index contributed by atoms with van der Waals surface area (Å²) < 4.78 is 14.9. The Kier molecular flexibility index (Phi) is 5.99. The van der Waals surface area contributed by atoms with Crippen LogP contribution in [0.1, 0.15) is 12.8 Å². The van der Waals surface area contributed by atoms with Gasteiger partial charge in [0.25, 0.3) is 0 Å². The maximum absolute atomic E-state index is 10.3. The lowest BCUT2D eigenvalue weighted by molar-refractivity contribution is -0.136. The molecular formula is C6H11O4P. The predicted molar refractivity (Wildman–Crippen MR) is 40.1 cm³/mol. The zero-order valence-electron chi connectivity index (χ0n) is 6.32. The Hall–Kier alpha value is -0.470. The molecule has 0 heterocycles. The Labute approximate surface area is 66.8 Å². The van der Waals surface area contributed by atoms with Gasteiger partial charge < -0.3 is 9.84 Å². The fourth-order valence-corrected chi connectivity index (χ4v) is 1.02. The molecule has 0 spiro atoms. The number of aliphatic carboxylic acids is 1. The van der Waals surface area contributed by atoms with Gasteiger partial charge in [-0.1, -0.05) is 0 Å². The molecule has 1 unspecified atom stereocenters. The minimum atomic E-state index is -1.02. The van der Waals surface area contributed by atoms with E-state index in [1.165, 1.54) is 0 Å². The Morgan fingerprint density at radius 2 is 2.36 bits per heavy atom. The number of methoxy groups -OCH3 is 1. The van der Waals surface area contributed by atoms with Gasteiger partial charge >= 0.3 is 5.97 Å². The molecule has 64 valence electrons. The van der Waals surface area contributed by atoms with Crippen molar-refractivity contribution in [3.63, 3.8) is 0 Å². The number of hydrogen-bond donors (Lipinski definition) is 1. The Balaban J connectivity index is 3.52. The van der Waals surface area contributed by atoms with Crippen LogP contribution in [0, 0.1) is 0 Å². The second-order valence-corrected chi connectivity index (χ2v) is 2.93. The van der Waals surface area contributed by atoms with Gasteiger partial charge in [0.05, 0.1) is 0 Å². The average molecular weight is 178 g/mol. The zero-order chi connectivity index (χ0) is 8.69. The normalized spacial score (nSPS) is 13.2. The van der Waals surface area contributed by atoms with E-state index in [9.17, 15) is 9.36 Å². The third-order valence-electron chi connectivity index (χ3n) is 1.24. The number of carboxylic acid groups (broad SMARTS) is 1. The topological polar surface area (TPSA) is 63.6 Å². The third kappa shape index (κ3) is 4.87. The van der Waals surface area contributed by atoms with Gasteiger partial charge in [-0.2, -0.15) is 0 Å². The fourth-order valence-electron chi connectivity index (χ4n) is 0.642. The van der Waals surface area contributed by atoms with E-state index in [0.717, 1.165) is 0 Å². The molecule has 11 heavy (non-hydrogen) atoms. The summed E-state index contributed by atoms with van der Waals surface area (Å²) in [6.45, 7) is 0.513. The summed E-state index contributed by atoms with van der Waals surface area (Å²) in [6.07, 6.45) is 1.02. The summed E-state index contributed by atoms with van der Waals surface area (Å²) in [5.41, 5.74) is -0.773. The molecule has 0 fully saturated rings. The van der Waals surface area contributed by atoms with Crippen molar-refractivity contribution in [1.29, 1.82) is 0 Å². The SMILES string of the molecule is COCCCC(P=O)C(=O)O. The summed E-state index contributed by atoms with van der Waals surface area (Å²) in [7, 11) is 1.23. The molecule has 0 saturated carbocycles. The maximum atomic E-state index is 10.3. The van der Waals surface area contributed by atoms with Crippen LogP contribution in [0.4, 0.5) is 0 Å². The Bertz CT molecular complexity index is 137. The summed E-state index contributed by atoms with van der Waals surface area (Å²) in [5.74, 6) is -1.02. The molecule has 0 aliphatic heterocycles. The van der Waals surface area contributed by atoms with E-state index in [1.54, 1.807) is 7.11 Å². The fraction of sp³-hybridized carbons (Fsp3) is 0.833. The second kappa shape index (κ2) is 6.25. The highest BCUT2D eigenvalue weighted by Crippen LogP contribution is 2.12. The minimum absolute atomic E-state index is 0.321. The quantitative estimate of drug-likeness (QED) is 0.489. The molecule has 1 N–H and O–H groups in total. The smallest absolute Gasteiger partial charge is 0.318 e. The zero-order valence-corrected chi connectivity index (χ0v) is 7.21. The number of carbonyl (C=O) groups is 1. The summed E-state index contributed by atoms with van der Waals surface area (Å²) in [5, 5.41) is 8.42. The molecule has 0 saturated heterocycles. The highest BCUT2D eigenvalue weighted by atomic mass is 31.1.